The molecule has 2 aromatic carbocycles. The van der Waals surface area contributed by atoms with E-state index < -0.39 is 0 Å². The number of aromatic amines is 1. The summed E-state index contributed by atoms with van der Waals surface area (Å²) >= 11 is 12.1. The van der Waals surface area contributed by atoms with E-state index in [4.69, 9.17) is 23.2 Å². The van der Waals surface area contributed by atoms with Crippen LogP contribution in [0.25, 0.3) is 0 Å². The maximum atomic E-state index is 6.04. The molecule has 0 atom stereocenters. The molecule has 5 nitrogen and oxygen atoms in total. The lowest BCUT2D eigenvalue weighted by Gasteiger charge is -2.34. The third kappa shape index (κ3) is 4.68. The van der Waals surface area contributed by atoms with Gasteiger partial charge in [-0.2, -0.15) is 4.98 Å². The van der Waals surface area contributed by atoms with Crippen LogP contribution in [0.4, 0.5) is 17.6 Å². The molecule has 0 saturated heterocycles. The summed E-state index contributed by atoms with van der Waals surface area (Å²) in [4.78, 5) is 6.74. The van der Waals surface area contributed by atoms with Crippen molar-refractivity contribution in [2.24, 2.45) is 0 Å². The topological polar surface area (TPSA) is 56.8 Å². The first-order valence-electron chi connectivity index (χ1n) is 8.28. The van der Waals surface area contributed by atoms with Gasteiger partial charge in [0.1, 0.15) is 0 Å². The minimum atomic E-state index is -0.144. The third-order valence-corrected chi connectivity index (χ3v) is 4.27. The van der Waals surface area contributed by atoms with Gasteiger partial charge in [0, 0.05) is 27.8 Å². The minimum absolute atomic E-state index is 0.144. The first-order chi connectivity index (χ1) is 12.3. The van der Waals surface area contributed by atoms with E-state index in [2.05, 4.69) is 58.3 Å². The lowest BCUT2D eigenvalue weighted by Crippen LogP contribution is -2.41. The fraction of sp³-hybridized carbons (Fsp3) is 0.263. The van der Waals surface area contributed by atoms with Crippen molar-refractivity contribution in [3.05, 3.63) is 64.1 Å². The van der Waals surface area contributed by atoms with E-state index in [1.54, 1.807) is 18.2 Å². The molecule has 1 aromatic heterocycles. The molecule has 0 aliphatic rings. The van der Waals surface area contributed by atoms with Crippen molar-refractivity contribution in [1.29, 1.82) is 0 Å². The molecule has 0 amide bonds. The maximum Gasteiger partial charge on any atom is 0.247 e. The molecule has 0 aliphatic heterocycles. The van der Waals surface area contributed by atoms with Crippen molar-refractivity contribution in [2.75, 3.05) is 10.2 Å². The molecule has 1 heterocycles. The lowest BCUT2D eigenvalue weighted by molar-refractivity contribution is 0.491. The standard InChI is InChI=1S/C19H21Cl2N5/c1-19(2,3)26(12-13-7-5-4-6-8-13)18-23-17(24-25-18)22-16-10-14(20)9-15(21)11-16/h4-11H,12H2,1-3H3,(H2,22,23,24,25). The quantitative estimate of drug-likeness (QED) is 0.590. The van der Waals surface area contributed by atoms with Gasteiger partial charge in [-0.1, -0.05) is 53.5 Å². The minimum Gasteiger partial charge on any atom is -0.330 e. The number of nitrogens with zero attached hydrogens (tertiary/aromatic N) is 3. The number of H-pyrrole nitrogens is 1. The van der Waals surface area contributed by atoms with E-state index in [0.29, 0.717) is 28.5 Å². The summed E-state index contributed by atoms with van der Waals surface area (Å²) < 4.78 is 0. The smallest absolute Gasteiger partial charge is 0.247 e. The number of rotatable bonds is 5. The molecule has 136 valence electrons. The molecule has 3 aromatic rings. The summed E-state index contributed by atoms with van der Waals surface area (Å²) in [7, 11) is 0. The van der Waals surface area contributed by atoms with Crippen LogP contribution in [0, 0.1) is 0 Å². The van der Waals surface area contributed by atoms with Gasteiger partial charge < -0.3 is 10.2 Å². The Labute approximate surface area is 163 Å². The number of halogens is 2. The molecule has 3 rings (SSSR count). The fourth-order valence-electron chi connectivity index (χ4n) is 2.57. The van der Waals surface area contributed by atoms with Gasteiger partial charge in [-0.05, 0) is 44.5 Å². The second-order valence-electron chi connectivity index (χ2n) is 7.01. The first-order valence-corrected chi connectivity index (χ1v) is 9.04. The monoisotopic (exact) mass is 389 g/mol. The van der Waals surface area contributed by atoms with Gasteiger partial charge >= 0.3 is 0 Å². The number of nitrogens with one attached hydrogen (secondary N) is 2. The molecule has 7 heteroatoms. The molecule has 0 spiro atoms. The zero-order valence-electron chi connectivity index (χ0n) is 14.9. The molecule has 0 bridgehead atoms. The van der Waals surface area contributed by atoms with Gasteiger partial charge in [0.25, 0.3) is 0 Å². The van der Waals surface area contributed by atoms with Gasteiger partial charge in [0.2, 0.25) is 11.9 Å². The number of hydrogen-bond donors (Lipinski definition) is 2. The Balaban J connectivity index is 1.83. The van der Waals surface area contributed by atoms with E-state index in [9.17, 15) is 0 Å². The average molecular weight is 390 g/mol. The van der Waals surface area contributed by atoms with Crippen LogP contribution >= 0.6 is 23.2 Å². The van der Waals surface area contributed by atoms with Gasteiger partial charge in [0.15, 0.2) is 0 Å². The third-order valence-electron chi connectivity index (χ3n) is 3.83. The SMILES string of the molecule is CC(C)(C)N(Cc1ccccc1)c1n[nH]c(Nc2cc(Cl)cc(Cl)c2)n1. The number of aromatic nitrogens is 3. The zero-order valence-corrected chi connectivity index (χ0v) is 16.4. The Morgan fingerprint density at radius 1 is 1.04 bits per heavy atom. The van der Waals surface area contributed by atoms with Crippen LogP contribution in [0.2, 0.25) is 10.0 Å². The highest BCUT2D eigenvalue weighted by Crippen LogP contribution is 2.27. The molecule has 0 saturated carbocycles. The lowest BCUT2D eigenvalue weighted by atomic mass is 10.1. The largest absolute Gasteiger partial charge is 0.330 e. The predicted molar refractivity (Wildman–Crippen MR) is 109 cm³/mol. The van der Waals surface area contributed by atoms with Crippen molar-refractivity contribution in [1.82, 2.24) is 15.2 Å². The van der Waals surface area contributed by atoms with E-state index in [1.807, 2.05) is 18.2 Å². The summed E-state index contributed by atoms with van der Waals surface area (Å²) in [6.45, 7) is 7.12. The normalized spacial score (nSPS) is 11.4. The Bertz CT molecular complexity index is 851. The van der Waals surface area contributed by atoms with Gasteiger partial charge in [-0.25, -0.2) is 5.10 Å². The second-order valence-corrected chi connectivity index (χ2v) is 7.88. The van der Waals surface area contributed by atoms with Crippen molar-refractivity contribution >= 4 is 40.8 Å². The maximum absolute atomic E-state index is 6.04. The van der Waals surface area contributed by atoms with Crippen LogP contribution in [0.3, 0.4) is 0 Å². The Hall–Kier alpha value is -2.24. The summed E-state index contributed by atoms with van der Waals surface area (Å²) in [5.41, 5.74) is 1.80. The van der Waals surface area contributed by atoms with Crippen molar-refractivity contribution in [3.63, 3.8) is 0 Å². The predicted octanol–water partition coefficient (Wildman–Crippen LogP) is 5.66. The highest BCUT2D eigenvalue weighted by molar-refractivity contribution is 6.35. The summed E-state index contributed by atoms with van der Waals surface area (Å²) in [6.07, 6.45) is 0. The van der Waals surface area contributed by atoms with Crippen LogP contribution in [0.5, 0.6) is 0 Å². The Kier molecular flexibility index (Phi) is 5.39. The molecule has 0 aliphatic carbocycles. The van der Waals surface area contributed by atoms with Gasteiger partial charge in [-0.3, -0.25) is 0 Å². The van der Waals surface area contributed by atoms with Crippen molar-refractivity contribution in [3.8, 4) is 0 Å². The van der Waals surface area contributed by atoms with Crippen molar-refractivity contribution in [2.45, 2.75) is 32.9 Å². The van der Waals surface area contributed by atoms with Crippen LogP contribution in [-0.4, -0.2) is 20.7 Å². The van der Waals surface area contributed by atoms with E-state index >= 15 is 0 Å². The van der Waals surface area contributed by atoms with Crippen molar-refractivity contribution < 1.29 is 0 Å². The molecule has 0 radical (unpaired) electrons. The van der Waals surface area contributed by atoms with Gasteiger partial charge in [0.05, 0.1) is 0 Å². The zero-order chi connectivity index (χ0) is 18.7. The van der Waals surface area contributed by atoms with Crippen LogP contribution in [0.1, 0.15) is 26.3 Å². The molecular formula is C19H21Cl2N5. The molecule has 0 fully saturated rings. The van der Waals surface area contributed by atoms with Crippen LogP contribution < -0.4 is 10.2 Å². The average Bonchev–Trinajstić information content (AvgIpc) is 2.99. The van der Waals surface area contributed by atoms with Crippen LogP contribution in [-0.2, 0) is 6.54 Å². The van der Waals surface area contributed by atoms with Crippen LogP contribution in [0.15, 0.2) is 48.5 Å². The van der Waals surface area contributed by atoms with E-state index in [1.165, 1.54) is 5.56 Å². The molecule has 0 unspecified atom stereocenters. The summed E-state index contributed by atoms with van der Waals surface area (Å²) in [6, 6.07) is 15.5. The van der Waals surface area contributed by atoms with Gasteiger partial charge in [-0.15, -0.1) is 5.10 Å². The molecule has 2 N–H and O–H groups in total. The summed E-state index contributed by atoms with van der Waals surface area (Å²) in [5.74, 6) is 1.15. The fourth-order valence-corrected chi connectivity index (χ4v) is 3.09. The number of hydrogen-bond acceptors (Lipinski definition) is 4. The first kappa shape index (κ1) is 18.5. The molecule has 26 heavy (non-hydrogen) atoms. The van der Waals surface area contributed by atoms with E-state index in [0.717, 1.165) is 5.69 Å². The second kappa shape index (κ2) is 7.56. The Morgan fingerprint density at radius 2 is 1.69 bits per heavy atom. The Morgan fingerprint density at radius 3 is 2.31 bits per heavy atom. The molecular weight excluding hydrogens is 369 g/mol. The highest BCUT2D eigenvalue weighted by Gasteiger charge is 2.25. The van der Waals surface area contributed by atoms with E-state index in [-0.39, 0.29) is 5.54 Å². The number of anilines is 3. The summed E-state index contributed by atoms with van der Waals surface area (Å²) in [5, 5.41) is 11.6. The number of benzene rings is 2. The highest BCUT2D eigenvalue weighted by atomic mass is 35.5.